The van der Waals surface area contributed by atoms with Crippen LogP contribution in [0.4, 0.5) is 0 Å². The van der Waals surface area contributed by atoms with Gasteiger partial charge in [-0.25, -0.2) is 13.6 Å². The monoisotopic (exact) mass is 379 g/mol. The van der Waals surface area contributed by atoms with Crippen molar-refractivity contribution in [1.82, 2.24) is 0 Å². The van der Waals surface area contributed by atoms with Gasteiger partial charge in [0.2, 0.25) is 10.0 Å². The smallest absolute Gasteiger partial charge is 0.225 e. The molecule has 1 aliphatic carbocycles. The van der Waals surface area contributed by atoms with E-state index in [1.807, 2.05) is 6.07 Å². The van der Waals surface area contributed by atoms with Crippen molar-refractivity contribution in [2.45, 2.75) is 50.3 Å². The zero-order valence-electron chi connectivity index (χ0n) is 11.6. The third-order valence-corrected chi connectivity index (χ3v) is 6.55. The Balaban J connectivity index is 2.46. The lowest BCUT2D eigenvalue weighted by Gasteiger charge is -2.35. The van der Waals surface area contributed by atoms with Gasteiger partial charge in [0.15, 0.2) is 0 Å². The molecular formula is C14H19BrClNO2S. The summed E-state index contributed by atoms with van der Waals surface area (Å²) in [6, 6.07) is 3.63. The maximum Gasteiger partial charge on any atom is 0.239 e. The topological polar surface area (TPSA) is 60.2 Å². The standard InChI is InChI=1S/C14H19BrClNO2S/c1-14(2)7-5-9(6-8-14)10-3-4-11(15)12(16)13(10)20(17,18)19/h3-4,9H,5-8H2,1-2H3,(H2,17,18,19). The molecule has 0 atom stereocenters. The maximum absolute atomic E-state index is 11.9. The van der Waals surface area contributed by atoms with Gasteiger partial charge < -0.3 is 0 Å². The van der Waals surface area contributed by atoms with E-state index in [4.69, 9.17) is 16.7 Å². The van der Waals surface area contributed by atoms with Gasteiger partial charge in [0.25, 0.3) is 0 Å². The molecule has 1 aliphatic rings. The fourth-order valence-electron chi connectivity index (χ4n) is 2.87. The van der Waals surface area contributed by atoms with Crippen molar-refractivity contribution < 1.29 is 8.42 Å². The molecule has 0 aromatic heterocycles. The molecule has 6 heteroatoms. The van der Waals surface area contributed by atoms with E-state index in [-0.39, 0.29) is 15.8 Å². The number of sulfonamides is 1. The van der Waals surface area contributed by atoms with E-state index in [1.165, 1.54) is 0 Å². The minimum atomic E-state index is -3.83. The van der Waals surface area contributed by atoms with E-state index in [2.05, 4.69) is 29.8 Å². The molecule has 0 heterocycles. The van der Waals surface area contributed by atoms with Crippen LogP contribution in [0.5, 0.6) is 0 Å². The molecular weight excluding hydrogens is 362 g/mol. The van der Waals surface area contributed by atoms with Crippen LogP contribution in [0.25, 0.3) is 0 Å². The van der Waals surface area contributed by atoms with Crippen LogP contribution in [-0.4, -0.2) is 8.42 Å². The van der Waals surface area contributed by atoms with Gasteiger partial charge in [-0.3, -0.25) is 0 Å². The van der Waals surface area contributed by atoms with Crippen LogP contribution < -0.4 is 5.14 Å². The number of rotatable bonds is 2. The highest BCUT2D eigenvalue weighted by atomic mass is 79.9. The summed E-state index contributed by atoms with van der Waals surface area (Å²) in [5.74, 6) is 0.210. The largest absolute Gasteiger partial charge is 0.239 e. The van der Waals surface area contributed by atoms with Crippen LogP contribution in [0.1, 0.15) is 51.0 Å². The van der Waals surface area contributed by atoms with Crippen molar-refractivity contribution >= 4 is 37.6 Å². The van der Waals surface area contributed by atoms with Crippen LogP contribution >= 0.6 is 27.5 Å². The van der Waals surface area contributed by atoms with Gasteiger partial charge in [-0.15, -0.1) is 0 Å². The Morgan fingerprint density at radius 1 is 1.30 bits per heavy atom. The number of halogens is 2. The zero-order chi connectivity index (χ0) is 15.1. The molecule has 0 saturated heterocycles. The molecule has 0 bridgehead atoms. The van der Waals surface area contributed by atoms with Gasteiger partial charge in [-0.1, -0.05) is 31.5 Å². The minimum absolute atomic E-state index is 0.0817. The first-order chi connectivity index (χ1) is 9.12. The predicted octanol–water partition coefficient (Wildman–Crippen LogP) is 4.43. The third kappa shape index (κ3) is 3.38. The molecule has 20 heavy (non-hydrogen) atoms. The third-order valence-electron chi connectivity index (χ3n) is 4.14. The first-order valence-corrected chi connectivity index (χ1v) is 9.34. The summed E-state index contributed by atoms with van der Waals surface area (Å²) in [7, 11) is -3.83. The van der Waals surface area contributed by atoms with E-state index >= 15 is 0 Å². The summed E-state index contributed by atoms with van der Waals surface area (Å²) in [5, 5.41) is 5.54. The summed E-state index contributed by atoms with van der Waals surface area (Å²) in [4.78, 5) is 0.0817. The summed E-state index contributed by atoms with van der Waals surface area (Å²) >= 11 is 9.42. The molecule has 0 aliphatic heterocycles. The highest BCUT2D eigenvalue weighted by molar-refractivity contribution is 9.10. The highest BCUT2D eigenvalue weighted by Crippen LogP contribution is 2.45. The van der Waals surface area contributed by atoms with Gasteiger partial charge in [0.05, 0.1) is 5.02 Å². The SMILES string of the molecule is CC1(C)CCC(c2ccc(Br)c(Cl)c2S(N)(=O)=O)CC1. The van der Waals surface area contributed by atoms with Crippen LogP contribution in [0.15, 0.2) is 21.5 Å². The molecule has 2 rings (SSSR count). The number of hydrogen-bond donors (Lipinski definition) is 1. The van der Waals surface area contributed by atoms with E-state index in [1.54, 1.807) is 6.07 Å². The van der Waals surface area contributed by atoms with Crippen LogP contribution in [0, 0.1) is 5.41 Å². The van der Waals surface area contributed by atoms with Crippen molar-refractivity contribution in [3.63, 3.8) is 0 Å². The fourth-order valence-corrected chi connectivity index (χ4v) is 4.75. The molecule has 1 aromatic carbocycles. The predicted molar refractivity (Wildman–Crippen MR) is 85.5 cm³/mol. The van der Waals surface area contributed by atoms with Gasteiger partial charge in [-0.2, -0.15) is 0 Å². The molecule has 3 nitrogen and oxygen atoms in total. The Labute approximate surface area is 134 Å². The lowest BCUT2D eigenvalue weighted by atomic mass is 9.71. The fraction of sp³-hybridized carbons (Fsp3) is 0.571. The maximum atomic E-state index is 11.9. The quantitative estimate of drug-likeness (QED) is 0.824. The van der Waals surface area contributed by atoms with Crippen LogP contribution in [-0.2, 0) is 10.0 Å². The van der Waals surface area contributed by atoms with E-state index < -0.39 is 10.0 Å². The molecule has 2 N–H and O–H groups in total. The van der Waals surface area contributed by atoms with Crippen molar-refractivity contribution in [1.29, 1.82) is 0 Å². The van der Waals surface area contributed by atoms with Gasteiger partial charge in [-0.05, 0) is 64.6 Å². The van der Waals surface area contributed by atoms with Crippen molar-refractivity contribution in [2.24, 2.45) is 10.6 Å². The number of primary sulfonamides is 1. The normalized spacial score (nSPS) is 20.1. The average molecular weight is 381 g/mol. The Morgan fingerprint density at radius 2 is 1.85 bits per heavy atom. The van der Waals surface area contributed by atoms with Gasteiger partial charge in [0, 0.05) is 4.47 Å². The van der Waals surface area contributed by atoms with Gasteiger partial charge >= 0.3 is 0 Å². The van der Waals surface area contributed by atoms with Crippen LogP contribution in [0.2, 0.25) is 5.02 Å². The number of hydrogen-bond acceptors (Lipinski definition) is 2. The second kappa shape index (κ2) is 5.59. The summed E-state index contributed by atoms with van der Waals surface area (Å²) < 4.78 is 24.3. The Kier molecular flexibility index (Phi) is 4.55. The van der Waals surface area contributed by atoms with E-state index in [9.17, 15) is 8.42 Å². The summed E-state index contributed by atoms with van der Waals surface area (Å²) in [6.07, 6.45) is 4.09. The highest BCUT2D eigenvalue weighted by Gasteiger charge is 2.31. The van der Waals surface area contributed by atoms with Crippen LogP contribution in [0.3, 0.4) is 0 Å². The Bertz CT molecular complexity index is 618. The molecule has 1 fully saturated rings. The van der Waals surface area contributed by atoms with E-state index in [0.29, 0.717) is 9.89 Å². The number of nitrogens with two attached hydrogens (primary N) is 1. The summed E-state index contributed by atoms with van der Waals surface area (Å²) in [6.45, 7) is 4.50. The van der Waals surface area contributed by atoms with Gasteiger partial charge in [0.1, 0.15) is 4.90 Å². The zero-order valence-corrected chi connectivity index (χ0v) is 14.8. The molecule has 1 aromatic rings. The molecule has 0 spiro atoms. The lowest BCUT2D eigenvalue weighted by Crippen LogP contribution is -2.23. The Morgan fingerprint density at radius 3 is 2.35 bits per heavy atom. The second-order valence-corrected chi connectivity index (χ2v) is 8.99. The second-order valence-electron chi connectivity index (χ2n) is 6.26. The van der Waals surface area contributed by atoms with Crippen molar-refractivity contribution in [2.75, 3.05) is 0 Å². The number of benzene rings is 1. The Hall–Kier alpha value is -0.100. The first kappa shape index (κ1) is 16.3. The molecule has 112 valence electrons. The molecule has 0 radical (unpaired) electrons. The molecule has 0 amide bonds. The van der Waals surface area contributed by atoms with Crippen molar-refractivity contribution in [3.8, 4) is 0 Å². The molecule has 1 saturated carbocycles. The lowest BCUT2D eigenvalue weighted by molar-refractivity contribution is 0.223. The van der Waals surface area contributed by atoms with E-state index in [0.717, 1.165) is 31.2 Å². The first-order valence-electron chi connectivity index (χ1n) is 6.62. The minimum Gasteiger partial charge on any atom is -0.225 e. The average Bonchev–Trinajstić information content (AvgIpc) is 2.31. The molecule has 0 unspecified atom stereocenters. The summed E-state index contributed by atoms with van der Waals surface area (Å²) in [5.41, 5.74) is 1.09. The van der Waals surface area contributed by atoms with Crippen molar-refractivity contribution in [3.05, 3.63) is 27.2 Å².